The van der Waals surface area contributed by atoms with Gasteiger partial charge in [0.15, 0.2) is 0 Å². The number of halogens is 1. The van der Waals surface area contributed by atoms with Crippen molar-refractivity contribution >= 4 is 28.9 Å². The molecule has 2 N–H and O–H groups in total. The normalized spacial score (nSPS) is 14.7. The molecular weight excluding hydrogens is 352 g/mol. The van der Waals surface area contributed by atoms with E-state index in [9.17, 15) is 9.90 Å². The second-order valence-electron chi connectivity index (χ2n) is 6.11. The Bertz CT molecular complexity index is 842. The zero-order valence-corrected chi connectivity index (χ0v) is 14.9. The number of rotatable bonds is 4. The highest BCUT2D eigenvalue weighted by atomic mass is 35.5. The number of aromatic hydroxyl groups is 1. The molecule has 134 valence electrons. The van der Waals surface area contributed by atoms with E-state index in [0.717, 1.165) is 31.9 Å². The van der Waals surface area contributed by atoms with Crippen LogP contribution in [-0.4, -0.2) is 48.6 Å². The Morgan fingerprint density at radius 3 is 2.58 bits per heavy atom. The summed E-state index contributed by atoms with van der Waals surface area (Å²) in [6.45, 7) is 3.24. The summed E-state index contributed by atoms with van der Waals surface area (Å²) >= 11 is 5.98. The third kappa shape index (κ3) is 4.26. The van der Waals surface area contributed by atoms with E-state index in [-0.39, 0.29) is 18.2 Å². The number of phenols is 1. The second-order valence-corrected chi connectivity index (χ2v) is 6.51. The molecule has 3 rings (SSSR count). The number of carbonyl (C=O) groups is 1. The monoisotopic (exact) mass is 370 g/mol. The minimum Gasteiger partial charge on any atom is -0.506 e. The molecule has 1 saturated heterocycles. The standard InChI is InChI=1S/C19H19ClN4O2/c20-16-11-15(6-5-14(16)12-21)22-19(26)13-23-7-9-24(10-8-23)17-3-1-2-4-18(17)25/h1-6,11,25H,7-10,13H2,(H,22,26). The van der Waals surface area contributed by atoms with Crippen LogP contribution >= 0.6 is 11.6 Å². The summed E-state index contributed by atoms with van der Waals surface area (Å²) < 4.78 is 0. The lowest BCUT2D eigenvalue weighted by molar-refractivity contribution is -0.117. The van der Waals surface area contributed by atoms with E-state index >= 15 is 0 Å². The summed E-state index contributed by atoms with van der Waals surface area (Å²) in [4.78, 5) is 16.4. The molecule has 0 saturated carbocycles. The predicted molar refractivity (Wildman–Crippen MR) is 102 cm³/mol. The van der Waals surface area contributed by atoms with Gasteiger partial charge in [0.25, 0.3) is 0 Å². The highest BCUT2D eigenvalue weighted by molar-refractivity contribution is 6.32. The van der Waals surface area contributed by atoms with Crippen LogP contribution < -0.4 is 10.2 Å². The van der Waals surface area contributed by atoms with Crippen molar-refractivity contribution in [2.24, 2.45) is 0 Å². The molecule has 0 aliphatic carbocycles. The molecule has 0 aromatic heterocycles. The fraction of sp³-hybridized carbons (Fsp3) is 0.263. The van der Waals surface area contributed by atoms with Crippen molar-refractivity contribution in [3.63, 3.8) is 0 Å². The fourth-order valence-electron chi connectivity index (χ4n) is 2.97. The number of phenolic OH excluding ortho intramolecular Hbond substituents is 1. The van der Waals surface area contributed by atoms with Crippen LogP contribution in [0.15, 0.2) is 42.5 Å². The molecule has 7 heteroatoms. The van der Waals surface area contributed by atoms with Crippen LogP contribution in [0.1, 0.15) is 5.56 Å². The minimum absolute atomic E-state index is 0.123. The Labute approximate surface area is 157 Å². The Morgan fingerprint density at radius 2 is 1.92 bits per heavy atom. The van der Waals surface area contributed by atoms with Gasteiger partial charge in [-0.05, 0) is 30.3 Å². The van der Waals surface area contributed by atoms with Crippen molar-refractivity contribution in [2.75, 3.05) is 42.9 Å². The highest BCUT2D eigenvalue weighted by Gasteiger charge is 2.20. The van der Waals surface area contributed by atoms with Crippen molar-refractivity contribution in [1.82, 2.24) is 4.90 Å². The van der Waals surface area contributed by atoms with Crippen molar-refractivity contribution in [3.05, 3.63) is 53.1 Å². The van der Waals surface area contributed by atoms with Gasteiger partial charge in [0, 0.05) is 31.9 Å². The SMILES string of the molecule is N#Cc1ccc(NC(=O)CN2CCN(c3ccccc3O)CC2)cc1Cl. The highest BCUT2D eigenvalue weighted by Crippen LogP contribution is 2.27. The van der Waals surface area contributed by atoms with Gasteiger partial charge in [-0.3, -0.25) is 9.69 Å². The molecular formula is C19H19ClN4O2. The maximum Gasteiger partial charge on any atom is 0.238 e. The van der Waals surface area contributed by atoms with Gasteiger partial charge < -0.3 is 15.3 Å². The van der Waals surface area contributed by atoms with Crippen LogP contribution in [0.5, 0.6) is 5.75 Å². The van der Waals surface area contributed by atoms with Crippen LogP contribution in [0, 0.1) is 11.3 Å². The van der Waals surface area contributed by atoms with Gasteiger partial charge in [0.1, 0.15) is 11.8 Å². The lowest BCUT2D eigenvalue weighted by Crippen LogP contribution is -2.48. The van der Waals surface area contributed by atoms with Gasteiger partial charge in [-0.1, -0.05) is 23.7 Å². The molecule has 0 atom stereocenters. The zero-order valence-electron chi connectivity index (χ0n) is 14.2. The summed E-state index contributed by atoms with van der Waals surface area (Å²) in [5.74, 6) is 0.151. The van der Waals surface area contributed by atoms with Crippen LogP contribution in [-0.2, 0) is 4.79 Å². The van der Waals surface area contributed by atoms with E-state index in [1.54, 1.807) is 30.3 Å². The summed E-state index contributed by atoms with van der Waals surface area (Å²) in [5.41, 5.74) is 1.78. The Balaban J connectivity index is 1.51. The van der Waals surface area contributed by atoms with Gasteiger partial charge >= 0.3 is 0 Å². The Morgan fingerprint density at radius 1 is 1.19 bits per heavy atom. The number of nitrogens with zero attached hydrogens (tertiary/aromatic N) is 3. The number of amides is 1. The molecule has 0 spiro atoms. The quantitative estimate of drug-likeness (QED) is 0.865. The Kier molecular flexibility index (Phi) is 5.61. The summed E-state index contributed by atoms with van der Waals surface area (Å²) in [6.07, 6.45) is 0. The van der Waals surface area contributed by atoms with Gasteiger partial charge in [-0.25, -0.2) is 0 Å². The number of hydrogen-bond acceptors (Lipinski definition) is 5. The maximum absolute atomic E-state index is 12.2. The minimum atomic E-state index is -0.123. The third-order valence-electron chi connectivity index (χ3n) is 4.34. The second kappa shape index (κ2) is 8.09. The van der Waals surface area contributed by atoms with Gasteiger partial charge in [0.2, 0.25) is 5.91 Å². The van der Waals surface area contributed by atoms with E-state index in [1.165, 1.54) is 0 Å². The molecule has 26 heavy (non-hydrogen) atoms. The van der Waals surface area contributed by atoms with Crippen LogP contribution in [0.25, 0.3) is 0 Å². The Hall–Kier alpha value is -2.75. The largest absolute Gasteiger partial charge is 0.506 e. The molecule has 0 bridgehead atoms. The number of anilines is 2. The third-order valence-corrected chi connectivity index (χ3v) is 4.65. The molecule has 1 aliphatic rings. The number of nitriles is 1. The zero-order chi connectivity index (χ0) is 18.5. The first-order valence-electron chi connectivity index (χ1n) is 8.31. The lowest BCUT2D eigenvalue weighted by Gasteiger charge is -2.35. The number of carbonyl (C=O) groups excluding carboxylic acids is 1. The van der Waals surface area contributed by atoms with Gasteiger partial charge in [0.05, 0.1) is 22.8 Å². The average molecular weight is 371 g/mol. The van der Waals surface area contributed by atoms with E-state index in [4.69, 9.17) is 16.9 Å². The molecule has 1 heterocycles. The van der Waals surface area contributed by atoms with E-state index < -0.39 is 0 Å². The number of hydrogen-bond donors (Lipinski definition) is 2. The topological polar surface area (TPSA) is 79.6 Å². The van der Waals surface area contributed by atoms with E-state index in [1.807, 2.05) is 18.2 Å². The summed E-state index contributed by atoms with van der Waals surface area (Å²) in [6, 6.07) is 14.1. The van der Waals surface area contributed by atoms with E-state index in [2.05, 4.69) is 15.1 Å². The average Bonchev–Trinajstić information content (AvgIpc) is 2.63. The van der Waals surface area contributed by atoms with Crippen LogP contribution in [0.4, 0.5) is 11.4 Å². The lowest BCUT2D eigenvalue weighted by atomic mass is 10.2. The smallest absolute Gasteiger partial charge is 0.238 e. The van der Waals surface area contributed by atoms with Crippen LogP contribution in [0.3, 0.4) is 0 Å². The van der Waals surface area contributed by atoms with Gasteiger partial charge in [-0.15, -0.1) is 0 Å². The fourth-order valence-corrected chi connectivity index (χ4v) is 3.19. The number of para-hydroxylation sites is 2. The molecule has 2 aromatic rings. The first-order valence-corrected chi connectivity index (χ1v) is 8.69. The number of nitrogens with one attached hydrogen (secondary N) is 1. The number of piperazine rings is 1. The van der Waals surface area contributed by atoms with Crippen molar-refractivity contribution in [2.45, 2.75) is 0 Å². The van der Waals surface area contributed by atoms with Crippen molar-refractivity contribution < 1.29 is 9.90 Å². The predicted octanol–water partition coefficient (Wildman–Crippen LogP) is 2.68. The van der Waals surface area contributed by atoms with Crippen molar-refractivity contribution in [1.29, 1.82) is 5.26 Å². The molecule has 6 nitrogen and oxygen atoms in total. The molecule has 1 amide bonds. The summed E-state index contributed by atoms with van der Waals surface area (Å²) in [7, 11) is 0. The maximum atomic E-state index is 12.2. The van der Waals surface area contributed by atoms with Crippen molar-refractivity contribution in [3.8, 4) is 11.8 Å². The molecule has 2 aromatic carbocycles. The molecule has 1 aliphatic heterocycles. The number of benzene rings is 2. The first-order chi connectivity index (χ1) is 12.6. The van der Waals surface area contributed by atoms with Gasteiger partial charge in [-0.2, -0.15) is 5.26 Å². The first kappa shape index (κ1) is 18.1. The molecule has 1 fully saturated rings. The van der Waals surface area contributed by atoms with E-state index in [0.29, 0.717) is 16.3 Å². The van der Waals surface area contributed by atoms with Crippen LogP contribution in [0.2, 0.25) is 5.02 Å². The summed E-state index contributed by atoms with van der Waals surface area (Å²) in [5, 5.41) is 22.0. The molecule has 0 radical (unpaired) electrons. The molecule has 0 unspecified atom stereocenters.